The molecule has 3 nitrogen and oxygen atoms in total. The minimum Gasteiger partial charge on any atom is -0.326 e. The molecule has 2 bridgehead atoms. The Balaban J connectivity index is 2.23. The van der Waals surface area contributed by atoms with Gasteiger partial charge in [-0.25, -0.2) is 0 Å². The van der Waals surface area contributed by atoms with Crippen molar-refractivity contribution in [2.24, 2.45) is 17.6 Å². The fourth-order valence-corrected chi connectivity index (χ4v) is 4.02. The molecule has 0 radical (unpaired) electrons. The van der Waals surface area contributed by atoms with Gasteiger partial charge in [0.15, 0.2) is 0 Å². The smallest absolute Gasteiger partial charge is 0.248 e. The van der Waals surface area contributed by atoms with Gasteiger partial charge in [0, 0.05) is 11.8 Å². The standard InChI is InChI=1S/C15H20N2O/c1-3-11-10-6-9(2)8-15(11,16)12-4-5-14(18)17-13(12)7-10/h3-5,9-10H,6-8,16H2,1-2H3,(H,17,18)/b11-3+/t9-,10-,15-/m1/s1. The van der Waals surface area contributed by atoms with E-state index in [0.29, 0.717) is 11.8 Å². The maximum absolute atomic E-state index is 11.5. The van der Waals surface area contributed by atoms with Crippen LogP contribution in [-0.2, 0) is 12.0 Å². The first-order chi connectivity index (χ1) is 8.54. The zero-order chi connectivity index (χ0) is 12.9. The first-order valence-electron chi connectivity index (χ1n) is 6.73. The lowest BCUT2D eigenvalue weighted by molar-refractivity contribution is 0.231. The zero-order valence-corrected chi connectivity index (χ0v) is 11.0. The van der Waals surface area contributed by atoms with Crippen LogP contribution in [-0.4, -0.2) is 4.98 Å². The number of hydrogen-bond donors (Lipinski definition) is 2. The van der Waals surface area contributed by atoms with Gasteiger partial charge in [-0.15, -0.1) is 0 Å². The van der Waals surface area contributed by atoms with Gasteiger partial charge in [-0.1, -0.05) is 13.0 Å². The van der Waals surface area contributed by atoms with Crippen LogP contribution in [0.15, 0.2) is 28.6 Å². The molecule has 3 rings (SSSR count). The fraction of sp³-hybridized carbons (Fsp3) is 0.533. The monoisotopic (exact) mass is 244 g/mol. The highest BCUT2D eigenvalue weighted by Gasteiger charge is 2.46. The summed E-state index contributed by atoms with van der Waals surface area (Å²) in [5, 5.41) is 0. The van der Waals surface area contributed by atoms with Crippen molar-refractivity contribution in [2.75, 3.05) is 0 Å². The van der Waals surface area contributed by atoms with Crippen LogP contribution in [0.4, 0.5) is 0 Å². The molecule has 3 atom stereocenters. The van der Waals surface area contributed by atoms with Gasteiger partial charge in [0.05, 0.1) is 5.54 Å². The molecule has 0 aromatic carbocycles. The summed E-state index contributed by atoms with van der Waals surface area (Å²) in [5.74, 6) is 1.14. The van der Waals surface area contributed by atoms with Gasteiger partial charge in [-0.3, -0.25) is 4.79 Å². The Kier molecular flexibility index (Phi) is 2.49. The number of pyridine rings is 1. The number of aromatic amines is 1. The number of rotatable bonds is 0. The lowest BCUT2D eigenvalue weighted by atomic mass is 9.60. The van der Waals surface area contributed by atoms with Crippen LogP contribution >= 0.6 is 0 Å². The Morgan fingerprint density at radius 2 is 2.28 bits per heavy atom. The molecule has 0 aliphatic heterocycles. The van der Waals surface area contributed by atoms with E-state index in [1.54, 1.807) is 6.07 Å². The summed E-state index contributed by atoms with van der Waals surface area (Å²) in [6.07, 6.45) is 5.26. The van der Waals surface area contributed by atoms with Crippen LogP contribution < -0.4 is 11.3 Å². The van der Waals surface area contributed by atoms with Gasteiger partial charge < -0.3 is 10.7 Å². The number of fused-ring (bicyclic) bond motifs is 4. The molecule has 0 unspecified atom stereocenters. The Bertz CT molecular complexity index is 572. The van der Waals surface area contributed by atoms with E-state index in [2.05, 4.69) is 24.9 Å². The molecule has 0 saturated heterocycles. The van der Waals surface area contributed by atoms with Crippen LogP contribution in [0.2, 0.25) is 0 Å². The molecular weight excluding hydrogens is 224 g/mol. The van der Waals surface area contributed by atoms with Gasteiger partial charge in [-0.05, 0) is 55.2 Å². The van der Waals surface area contributed by atoms with Gasteiger partial charge in [0.2, 0.25) is 5.56 Å². The van der Waals surface area contributed by atoms with Crippen molar-refractivity contribution in [2.45, 2.75) is 38.6 Å². The second-order valence-corrected chi connectivity index (χ2v) is 5.88. The van der Waals surface area contributed by atoms with E-state index in [9.17, 15) is 4.79 Å². The summed E-state index contributed by atoms with van der Waals surface area (Å²) in [5.41, 5.74) is 9.86. The third kappa shape index (κ3) is 1.50. The minimum absolute atomic E-state index is 0.0209. The van der Waals surface area contributed by atoms with E-state index in [1.807, 2.05) is 6.07 Å². The third-order valence-corrected chi connectivity index (χ3v) is 4.56. The van der Waals surface area contributed by atoms with Crippen molar-refractivity contribution in [3.8, 4) is 0 Å². The third-order valence-electron chi connectivity index (χ3n) is 4.56. The summed E-state index contributed by atoms with van der Waals surface area (Å²) in [6, 6.07) is 3.52. The van der Waals surface area contributed by atoms with E-state index < -0.39 is 0 Å². The molecule has 1 fully saturated rings. The second kappa shape index (κ2) is 3.82. The highest BCUT2D eigenvalue weighted by molar-refractivity contribution is 5.44. The predicted octanol–water partition coefficient (Wildman–Crippen LogP) is 2.08. The van der Waals surface area contributed by atoms with Crippen LogP contribution in [0, 0.1) is 11.8 Å². The Morgan fingerprint density at radius 3 is 3.00 bits per heavy atom. The number of nitrogens with one attached hydrogen (secondary N) is 1. The minimum atomic E-state index is -0.366. The molecule has 3 N–H and O–H groups in total. The average Bonchev–Trinajstić information content (AvgIpc) is 2.26. The van der Waals surface area contributed by atoms with Crippen LogP contribution in [0.5, 0.6) is 0 Å². The van der Waals surface area contributed by atoms with Crippen molar-refractivity contribution >= 4 is 0 Å². The molecule has 18 heavy (non-hydrogen) atoms. The molecule has 96 valence electrons. The molecule has 1 aromatic rings. The SMILES string of the molecule is C/C=C1\[C@H]2Cc3[nH]c(=O)ccc3[C@@]1(N)C[C@H](C)C2. The summed E-state index contributed by atoms with van der Waals surface area (Å²) in [7, 11) is 0. The fourth-order valence-electron chi connectivity index (χ4n) is 4.02. The number of nitrogens with two attached hydrogens (primary N) is 1. The summed E-state index contributed by atoms with van der Waals surface area (Å²) in [6.45, 7) is 4.36. The first-order valence-corrected chi connectivity index (χ1v) is 6.73. The number of allylic oxidation sites excluding steroid dienone is 1. The second-order valence-electron chi connectivity index (χ2n) is 5.88. The first kappa shape index (κ1) is 11.7. The van der Waals surface area contributed by atoms with Gasteiger partial charge in [-0.2, -0.15) is 0 Å². The Hall–Kier alpha value is -1.35. The summed E-state index contributed by atoms with van der Waals surface area (Å²) >= 11 is 0. The van der Waals surface area contributed by atoms with Gasteiger partial charge in [0.1, 0.15) is 0 Å². The lowest BCUT2D eigenvalue weighted by Crippen LogP contribution is -2.50. The lowest BCUT2D eigenvalue weighted by Gasteiger charge is -2.48. The molecule has 2 aliphatic rings. The molecular formula is C15H20N2O. The zero-order valence-electron chi connectivity index (χ0n) is 11.0. The van der Waals surface area contributed by atoms with Crippen molar-refractivity contribution in [3.05, 3.63) is 45.4 Å². The van der Waals surface area contributed by atoms with Crippen LogP contribution in [0.1, 0.15) is 37.9 Å². The van der Waals surface area contributed by atoms with Gasteiger partial charge in [0.25, 0.3) is 0 Å². The van der Waals surface area contributed by atoms with E-state index in [1.165, 1.54) is 12.0 Å². The van der Waals surface area contributed by atoms with Gasteiger partial charge >= 0.3 is 0 Å². The maximum atomic E-state index is 11.5. The van der Waals surface area contributed by atoms with Crippen molar-refractivity contribution in [1.29, 1.82) is 0 Å². The van der Waals surface area contributed by atoms with E-state index in [0.717, 1.165) is 24.1 Å². The normalized spacial score (nSPS) is 36.5. The molecule has 0 spiro atoms. The molecule has 1 saturated carbocycles. The van der Waals surface area contributed by atoms with Crippen LogP contribution in [0.25, 0.3) is 0 Å². The molecule has 2 aliphatic carbocycles. The average molecular weight is 244 g/mol. The predicted molar refractivity (Wildman–Crippen MR) is 72.3 cm³/mol. The van der Waals surface area contributed by atoms with Crippen LogP contribution in [0.3, 0.4) is 0 Å². The molecule has 0 amide bonds. The van der Waals surface area contributed by atoms with Crippen molar-refractivity contribution in [1.82, 2.24) is 4.98 Å². The highest BCUT2D eigenvalue weighted by atomic mass is 16.1. The molecule has 1 aromatic heterocycles. The highest BCUT2D eigenvalue weighted by Crippen LogP contribution is 2.50. The van der Waals surface area contributed by atoms with Crippen molar-refractivity contribution < 1.29 is 0 Å². The quantitative estimate of drug-likeness (QED) is 0.686. The van der Waals surface area contributed by atoms with E-state index >= 15 is 0 Å². The number of aromatic nitrogens is 1. The van der Waals surface area contributed by atoms with E-state index in [-0.39, 0.29) is 11.1 Å². The Labute approximate surface area is 107 Å². The number of H-pyrrole nitrogens is 1. The van der Waals surface area contributed by atoms with Crippen molar-refractivity contribution in [3.63, 3.8) is 0 Å². The molecule has 3 heteroatoms. The largest absolute Gasteiger partial charge is 0.326 e. The Morgan fingerprint density at radius 1 is 1.50 bits per heavy atom. The van der Waals surface area contributed by atoms with E-state index in [4.69, 9.17) is 5.73 Å². The molecule has 1 heterocycles. The summed E-state index contributed by atoms with van der Waals surface area (Å²) in [4.78, 5) is 14.4. The number of hydrogen-bond acceptors (Lipinski definition) is 2. The summed E-state index contributed by atoms with van der Waals surface area (Å²) < 4.78 is 0. The maximum Gasteiger partial charge on any atom is 0.248 e. The topological polar surface area (TPSA) is 58.9 Å².